The number of rotatable bonds is 8. The normalized spacial score (nSPS) is 11.0. The zero-order valence-electron chi connectivity index (χ0n) is 18.3. The van der Waals surface area contributed by atoms with Gasteiger partial charge in [-0.1, -0.05) is 59.8 Å². The highest BCUT2D eigenvalue weighted by Crippen LogP contribution is 2.29. The lowest BCUT2D eigenvalue weighted by molar-refractivity contribution is -0.118. The van der Waals surface area contributed by atoms with Gasteiger partial charge in [-0.3, -0.25) is 9.36 Å². The van der Waals surface area contributed by atoms with Gasteiger partial charge in [0.15, 0.2) is 11.0 Å². The van der Waals surface area contributed by atoms with E-state index < -0.39 is 0 Å². The summed E-state index contributed by atoms with van der Waals surface area (Å²) in [5.74, 6) is 1.38. The largest absolute Gasteiger partial charge is 0.497 e. The van der Waals surface area contributed by atoms with E-state index in [1.165, 1.54) is 11.8 Å². The van der Waals surface area contributed by atoms with E-state index in [0.717, 1.165) is 28.1 Å². The second kappa shape index (κ2) is 10.6. The van der Waals surface area contributed by atoms with Gasteiger partial charge in [-0.05, 0) is 48.9 Å². The topological polar surface area (TPSA) is 81.4 Å². The Morgan fingerprint density at radius 2 is 1.76 bits per heavy atom. The summed E-state index contributed by atoms with van der Waals surface area (Å²) in [6, 6.07) is 25.3. The molecule has 166 valence electrons. The van der Waals surface area contributed by atoms with Crippen molar-refractivity contribution >= 4 is 23.9 Å². The molecule has 0 bridgehead atoms. The van der Waals surface area contributed by atoms with Gasteiger partial charge in [0.2, 0.25) is 0 Å². The highest BCUT2D eigenvalue weighted by molar-refractivity contribution is 7.99. The van der Waals surface area contributed by atoms with Gasteiger partial charge in [0, 0.05) is 11.3 Å². The summed E-state index contributed by atoms with van der Waals surface area (Å²) in [4.78, 5) is 12.3. The van der Waals surface area contributed by atoms with Crippen LogP contribution in [0, 0.1) is 6.92 Å². The predicted molar refractivity (Wildman–Crippen MR) is 131 cm³/mol. The Labute approximate surface area is 196 Å². The van der Waals surface area contributed by atoms with Crippen molar-refractivity contribution in [2.75, 3.05) is 12.9 Å². The van der Waals surface area contributed by atoms with Crippen LogP contribution in [0.25, 0.3) is 17.1 Å². The second-order valence-corrected chi connectivity index (χ2v) is 8.14. The third-order valence-electron chi connectivity index (χ3n) is 4.81. The van der Waals surface area contributed by atoms with E-state index in [1.807, 2.05) is 90.4 Å². The first-order chi connectivity index (χ1) is 16.1. The minimum absolute atomic E-state index is 0.152. The van der Waals surface area contributed by atoms with Crippen molar-refractivity contribution in [2.24, 2.45) is 5.10 Å². The van der Waals surface area contributed by atoms with E-state index in [0.29, 0.717) is 11.0 Å². The molecule has 1 heterocycles. The number of hydrogen-bond acceptors (Lipinski definition) is 6. The Balaban J connectivity index is 1.53. The first kappa shape index (κ1) is 22.3. The smallest absolute Gasteiger partial charge is 0.250 e. The molecule has 0 unspecified atom stereocenters. The van der Waals surface area contributed by atoms with Gasteiger partial charge in [-0.25, -0.2) is 5.43 Å². The molecule has 33 heavy (non-hydrogen) atoms. The average molecular weight is 458 g/mol. The quantitative estimate of drug-likeness (QED) is 0.239. The molecular formula is C25H23N5O2S. The first-order valence-corrected chi connectivity index (χ1v) is 11.3. The number of aromatic nitrogens is 3. The van der Waals surface area contributed by atoms with E-state index in [9.17, 15) is 4.79 Å². The number of nitrogens with one attached hydrogen (secondary N) is 1. The fraction of sp³-hybridized carbons (Fsp3) is 0.120. The maximum absolute atomic E-state index is 12.3. The molecule has 1 amide bonds. The summed E-state index contributed by atoms with van der Waals surface area (Å²) in [6.45, 7) is 2.04. The van der Waals surface area contributed by atoms with E-state index in [1.54, 1.807) is 13.3 Å². The predicted octanol–water partition coefficient (Wildman–Crippen LogP) is 4.49. The second-order valence-electron chi connectivity index (χ2n) is 7.20. The number of hydrazone groups is 1. The molecule has 1 aromatic heterocycles. The van der Waals surface area contributed by atoms with Crippen molar-refractivity contribution in [3.8, 4) is 22.8 Å². The van der Waals surface area contributed by atoms with Crippen molar-refractivity contribution in [1.29, 1.82) is 0 Å². The summed E-state index contributed by atoms with van der Waals surface area (Å²) >= 11 is 1.30. The summed E-state index contributed by atoms with van der Waals surface area (Å²) in [5.41, 5.74) is 6.44. The number of nitrogens with zero attached hydrogens (tertiary/aromatic N) is 4. The Bertz CT molecular complexity index is 1240. The van der Waals surface area contributed by atoms with Crippen LogP contribution in [0.15, 0.2) is 89.1 Å². The summed E-state index contributed by atoms with van der Waals surface area (Å²) in [5, 5.41) is 13.4. The number of amides is 1. The average Bonchev–Trinajstić information content (AvgIpc) is 3.28. The zero-order valence-corrected chi connectivity index (χ0v) is 19.1. The number of carbonyl (C=O) groups excluding carboxylic acids is 1. The number of aryl methyl sites for hydroxylation is 1. The minimum Gasteiger partial charge on any atom is -0.497 e. The van der Waals surface area contributed by atoms with Crippen LogP contribution in [-0.4, -0.2) is 39.7 Å². The molecule has 0 atom stereocenters. The Kier molecular flexibility index (Phi) is 7.16. The van der Waals surface area contributed by atoms with Crippen LogP contribution in [-0.2, 0) is 4.79 Å². The number of methoxy groups -OCH3 is 1. The number of carbonyl (C=O) groups is 1. The van der Waals surface area contributed by atoms with Crippen molar-refractivity contribution in [3.05, 3.63) is 90.0 Å². The third-order valence-corrected chi connectivity index (χ3v) is 5.74. The molecule has 3 aromatic carbocycles. The van der Waals surface area contributed by atoms with E-state index in [4.69, 9.17) is 4.74 Å². The van der Waals surface area contributed by atoms with E-state index in [-0.39, 0.29) is 11.7 Å². The molecule has 0 saturated heterocycles. The molecular weight excluding hydrogens is 434 g/mol. The van der Waals surface area contributed by atoms with Crippen molar-refractivity contribution in [3.63, 3.8) is 0 Å². The van der Waals surface area contributed by atoms with E-state index in [2.05, 4.69) is 20.7 Å². The molecule has 4 aromatic rings. The molecule has 0 saturated carbocycles. The summed E-state index contributed by atoms with van der Waals surface area (Å²) in [7, 11) is 1.63. The highest BCUT2D eigenvalue weighted by Gasteiger charge is 2.17. The highest BCUT2D eigenvalue weighted by atomic mass is 32.2. The fourth-order valence-corrected chi connectivity index (χ4v) is 3.84. The van der Waals surface area contributed by atoms with Crippen LogP contribution in [0.4, 0.5) is 0 Å². The summed E-state index contributed by atoms with van der Waals surface area (Å²) in [6.07, 6.45) is 1.61. The molecule has 0 aliphatic rings. The Morgan fingerprint density at radius 1 is 1.03 bits per heavy atom. The van der Waals surface area contributed by atoms with Crippen LogP contribution in [0.3, 0.4) is 0 Å². The van der Waals surface area contributed by atoms with Gasteiger partial charge in [0.25, 0.3) is 5.91 Å². The Morgan fingerprint density at radius 3 is 2.45 bits per heavy atom. The van der Waals surface area contributed by atoms with Crippen molar-refractivity contribution in [1.82, 2.24) is 20.2 Å². The van der Waals surface area contributed by atoms with Crippen molar-refractivity contribution < 1.29 is 9.53 Å². The van der Waals surface area contributed by atoms with Gasteiger partial charge in [-0.15, -0.1) is 10.2 Å². The lowest BCUT2D eigenvalue weighted by Gasteiger charge is -2.11. The van der Waals surface area contributed by atoms with Crippen molar-refractivity contribution in [2.45, 2.75) is 12.1 Å². The van der Waals surface area contributed by atoms with Crippen LogP contribution in [0.2, 0.25) is 0 Å². The molecule has 1 N–H and O–H groups in total. The van der Waals surface area contributed by atoms with Gasteiger partial charge < -0.3 is 4.74 Å². The number of hydrogen-bond donors (Lipinski definition) is 1. The zero-order chi connectivity index (χ0) is 23.0. The van der Waals surface area contributed by atoms with Gasteiger partial charge >= 0.3 is 0 Å². The third kappa shape index (κ3) is 5.67. The molecule has 0 aliphatic heterocycles. The fourth-order valence-electron chi connectivity index (χ4n) is 3.10. The molecule has 0 fully saturated rings. The minimum atomic E-state index is -0.225. The Hall–Kier alpha value is -3.91. The van der Waals surface area contributed by atoms with Crippen LogP contribution in [0.1, 0.15) is 11.1 Å². The standard InChI is InChI=1S/C25H23N5O2S/c1-18-8-12-21(13-9-18)30-24(20-10-14-22(32-2)15-11-20)28-29-25(30)33-17-23(31)27-26-16-19-6-4-3-5-7-19/h3-16H,17H2,1-2H3,(H,27,31)/b26-16+. The number of ether oxygens (including phenoxy) is 1. The molecule has 7 nitrogen and oxygen atoms in total. The van der Waals surface area contributed by atoms with Gasteiger partial charge in [0.05, 0.1) is 19.1 Å². The number of benzene rings is 3. The SMILES string of the molecule is COc1ccc(-c2nnc(SCC(=O)N/N=C/c3ccccc3)n2-c2ccc(C)cc2)cc1. The number of thioether (sulfide) groups is 1. The monoisotopic (exact) mass is 457 g/mol. The van der Waals surface area contributed by atoms with Crippen LogP contribution < -0.4 is 10.2 Å². The van der Waals surface area contributed by atoms with Crippen LogP contribution in [0.5, 0.6) is 5.75 Å². The van der Waals surface area contributed by atoms with Crippen LogP contribution >= 0.6 is 11.8 Å². The maximum atomic E-state index is 12.3. The molecule has 0 aliphatic carbocycles. The maximum Gasteiger partial charge on any atom is 0.250 e. The lowest BCUT2D eigenvalue weighted by atomic mass is 10.2. The molecule has 0 spiro atoms. The van der Waals surface area contributed by atoms with E-state index >= 15 is 0 Å². The molecule has 0 radical (unpaired) electrons. The summed E-state index contributed by atoms with van der Waals surface area (Å²) < 4.78 is 7.21. The van der Waals surface area contributed by atoms with Gasteiger partial charge in [0.1, 0.15) is 5.75 Å². The lowest BCUT2D eigenvalue weighted by Crippen LogP contribution is -2.20. The first-order valence-electron chi connectivity index (χ1n) is 10.3. The molecule has 8 heteroatoms. The van der Waals surface area contributed by atoms with Gasteiger partial charge in [-0.2, -0.15) is 5.10 Å². The molecule has 4 rings (SSSR count).